The van der Waals surface area contributed by atoms with E-state index in [1.165, 1.54) is 0 Å². The molecule has 162 valence electrons. The van der Waals surface area contributed by atoms with Gasteiger partial charge in [0.25, 0.3) is 5.91 Å². The molecule has 0 radical (unpaired) electrons. The van der Waals surface area contributed by atoms with Gasteiger partial charge in [0, 0.05) is 5.56 Å². The van der Waals surface area contributed by atoms with Crippen LogP contribution in [0.5, 0.6) is 5.75 Å². The van der Waals surface area contributed by atoms with Crippen LogP contribution in [0.2, 0.25) is 0 Å². The lowest BCUT2D eigenvalue weighted by Gasteiger charge is -2.04. The number of carbonyl (C=O) groups excluding carboxylic acids is 2. The molecule has 0 spiro atoms. The third kappa shape index (κ3) is 5.29. The minimum atomic E-state index is -0.740. The number of thioether (sulfide) groups is 1. The summed E-state index contributed by atoms with van der Waals surface area (Å²) >= 11 is 1.03. The maximum Gasteiger partial charge on any atom is 0.344 e. The number of ether oxygens (including phenoxy) is 2. The van der Waals surface area contributed by atoms with Crippen molar-refractivity contribution in [2.45, 2.75) is 13.8 Å². The van der Waals surface area contributed by atoms with Gasteiger partial charge in [-0.3, -0.25) is 4.79 Å². The summed E-state index contributed by atoms with van der Waals surface area (Å²) < 4.78 is 10.4. The molecule has 2 aromatic rings. The monoisotopic (exact) mass is 447 g/mol. The van der Waals surface area contributed by atoms with Crippen molar-refractivity contribution >= 4 is 34.8 Å². The van der Waals surface area contributed by atoms with Gasteiger partial charge >= 0.3 is 5.97 Å². The normalized spacial score (nSPS) is 15.7. The van der Waals surface area contributed by atoms with Gasteiger partial charge in [0.15, 0.2) is 0 Å². The molecule has 0 aromatic heterocycles. The molecule has 0 saturated heterocycles. The lowest BCUT2D eigenvalue weighted by atomic mass is 10.1. The number of rotatable bonds is 6. The van der Waals surface area contributed by atoms with Crippen LogP contribution >= 0.6 is 11.8 Å². The first kappa shape index (κ1) is 22.9. The zero-order chi connectivity index (χ0) is 23.1. The van der Waals surface area contributed by atoms with E-state index in [0.29, 0.717) is 16.2 Å². The molecule has 1 aliphatic rings. The molecule has 6 nitrogen and oxygen atoms in total. The molecule has 0 aliphatic carbocycles. The summed E-state index contributed by atoms with van der Waals surface area (Å²) in [7, 11) is 0. The standard InChI is InChI=1S/C25H21NO5S/c1-4-14-31-18-12-10-17(11-13-18)15-20-22(27)21(25(29)30-5-2)24(32-20)26-23(28)19-9-7-6-8-16(19)3/h1,6-13,15,27H,5,14H2,2-3H3/b20-15-,26-24?. The van der Waals surface area contributed by atoms with Gasteiger partial charge in [-0.2, -0.15) is 0 Å². The summed E-state index contributed by atoms with van der Waals surface area (Å²) in [6.45, 7) is 3.75. The van der Waals surface area contributed by atoms with Crippen molar-refractivity contribution in [2.75, 3.05) is 13.2 Å². The second-order valence-corrected chi connectivity index (χ2v) is 7.68. The molecule has 1 amide bonds. The number of hydrogen-bond acceptors (Lipinski definition) is 6. The third-order valence-corrected chi connectivity index (χ3v) is 5.47. The second kappa shape index (κ2) is 10.5. The van der Waals surface area contributed by atoms with Crippen molar-refractivity contribution in [3.63, 3.8) is 0 Å². The van der Waals surface area contributed by atoms with Crippen molar-refractivity contribution in [1.29, 1.82) is 0 Å². The fraction of sp³-hybridized carbons (Fsp3) is 0.160. The summed E-state index contributed by atoms with van der Waals surface area (Å²) in [5, 5.41) is 10.8. The van der Waals surface area contributed by atoms with Gasteiger partial charge in [-0.05, 0) is 49.2 Å². The van der Waals surface area contributed by atoms with Crippen molar-refractivity contribution in [1.82, 2.24) is 0 Å². The van der Waals surface area contributed by atoms with E-state index in [1.54, 1.807) is 62.4 Å². The first-order chi connectivity index (χ1) is 15.4. The van der Waals surface area contributed by atoms with Crippen LogP contribution in [0.25, 0.3) is 6.08 Å². The van der Waals surface area contributed by atoms with Crippen LogP contribution < -0.4 is 4.74 Å². The number of aliphatic hydroxyl groups excluding tert-OH is 1. The Bertz CT molecular complexity index is 1170. The van der Waals surface area contributed by atoms with E-state index in [-0.39, 0.29) is 29.6 Å². The van der Waals surface area contributed by atoms with Crippen molar-refractivity contribution in [2.24, 2.45) is 4.99 Å². The summed E-state index contributed by atoms with van der Waals surface area (Å²) in [6, 6.07) is 14.1. The molecule has 0 saturated carbocycles. The number of amides is 1. The molecule has 0 unspecified atom stereocenters. The molecule has 0 atom stereocenters. The highest BCUT2D eigenvalue weighted by Crippen LogP contribution is 2.39. The fourth-order valence-electron chi connectivity index (χ4n) is 2.89. The summed E-state index contributed by atoms with van der Waals surface area (Å²) in [4.78, 5) is 29.7. The minimum Gasteiger partial charge on any atom is -0.506 e. The fourth-order valence-corrected chi connectivity index (χ4v) is 3.91. The number of aliphatic imine (C=N–C) groups is 1. The van der Waals surface area contributed by atoms with Gasteiger partial charge < -0.3 is 14.6 Å². The maximum atomic E-state index is 12.7. The number of aliphatic hydroxyl groups is 1. The number of nitrogens with zero attached hydrogens (tertiary/aromatic N) is 1. The lowest BCUT2D eigenvalue weighted by Crippen LogP contribution is -2.14. The van der Waals surface area contributed by atoms with Gasteiger partial charge in [-0.1, -0.05) is 48.0 Å². The molecule has 1 N–H and O–H groups in total. The van der Waals surface area contributed by atoms with Gasteiger partial charge in [0.2, 0.25) is 0 Å². The molecular formula is C25H21NO5S. The average Bonchev–Trinajstić information content (AvgIpc) is 3.08. The minimum absolute atomic E-state index is 0.0921. The smallest absolute Gasteiger partial charge is 0.344 e. The predicted octanol–water partition coefficient (Wildman–Crippen LogP) is 4.71. The maximum absolute atomic E-state index is 12.7. The highest BCUT2D eigenvalue weighted by Gasteiger charge is 2.34. The van der Waals surface area contributed by atoms with Crippen LogP contribution in [-0.2, 0) is 9.53 Å². The zero-order valence-corrected chi connectivity index (χ0v) is 18.4. The Kier molecular flexibility index (Phi) is 7.53. The average molecular weight is 448 g/mol. The van der Waals surface area contributed by atoms with Gasteiger partial charge in [0.1, 0.15) is 28.7 Å². The van der Waals surface area contributed by atoms with E-state index in [4.69, 9.17) is 15.9 Å². The number of benzene rings is 2. The molecule has 2 aromatic carbocycles. The number of hydrogen-bond donors (Lipinski definition) is 1. The van der Waals surface area contributed by atoms with Crippen LogP contribution in [0.4, 0.5) is 0 Å². The lowest BCUT2D eigenvalue weighted by molar-refractivity contribution is -0.138. The van der Waals surface area contributed by atoms with Crippen LogP contribution in [-0.4, -0.2) is 35.2 Å². The van der Waals surface area contributed by atoms with E-state index in [9.17, 15) is 14.7 Å². The largest absolute Gasteiger partial charge is 0.506 e. The van der Waals surface area contributed by atoms with Gasteiger partial charge in [-0.15, -0.1) is 6.42 Å². The quantitative estimate of drug-likeness (QED) is 0.510. The van der Waals surface area contributed by atoms with E-state index in [0.717, 1.165) is 22.9 Å². The number of carbonyl (C=O) groups is 2. The SMILES string of the molecule is C#CCOc1ccc(/C=C2\SC(=NC(=O)c3ccccc3C)C(C(=O)OCC)=C2O)cc1. The molecule has 1 heterocycles. The Balaban J connectivity index is 1.95. The first-order valence-electron chi connectivity index (χ1n) is 9.80. The Morgan fingerprint density at radius 3 is 2.56 bits per heavy atom. The van der Waals surface area contributed by atoms with Crippen LogP contribution in [0.15, 0.2) is 69.8 Å². The summed E-state index contributed by atoms with van der Waals surface area (Å²) in [6.07, 6.45) is 6.87. The topological polar surface area (TPSA) is 85.2 Å². The van der Waals surface area contributed by atoms with Crippen molar-refractivity contribution < 1.29 is 24.2 Å². The van der Waals surface area contributed by atoms with E-state index < -0.39 is 11.9 Å². The van der Waals surface area contributed by atoms with Crippen LogP contribution in [0, 0.1) is 19.3 Å². The van der Waals surface area contributed by atoms with E-state index in [1.807, 2.05) is 6.07 Å². The number of terminal acetylenes is 1. The second-order valence-electron chi connectivity index (χ2n) is 6.65. The van der Waals surface area contributed by atoms with Gasteiger partial charge in [0.05, 0.1) is 11.5 Å². The first-order valence-corrected chi connectivity index (χ1v) is 10.6. The Hall–Kier alpha value is -3.76. The Morgan fingerprint density at radius 2 is 1.91 bits per heavy atom. The highest BCUT2D eigenvalue weighted by molar-refractivity contribution is 8.18. The van der Waals surface area contributed by atoms with Crippen molar-refractivity contribution in [3.8, 4) is 18.1 Å². The van der Waals surface area contributed by atoms with Crippen LogP contribution in [0.3, 0.4) is 0 Å². The molecular weight excluding hydrogens is 426 g/mol. The third-order valence-electron chi connectivity index (χ3n) is 4.45. The van der Waals surface area contributed by atoms with E-state index >= 15 is 0 Å². The highest BCUT2D eigenvalue weighted by atomic mass is 32.2. The molecule has 0 fully saturated rings. The van der Waals surface area contributed by atoms with Gasteiger partial charge in [-0.25, -0.2) is 9.79 Å². The molecule has 3 rings (SSSR count). The Morgan fingerprint density at radius 1 is 1.19 bits per heavy atom. The molecule has 0 bridgehead atoms. The Labute approximate surface area is 190 Å². The summed E-state index contributed by atoms with van der Waals surface area (Å²) in [5.41, 5.74) is 1.81. The molecule has 1 aliphatic heterocycles. The number of aryl methyl sites for hydroxylation is 1. The van der Waals surface area contributed by atoms with E-state index in [2.05, 4.69) is 10.9 Å². The zero-order valence-electron chi connectivity index (χ0n) is 17.6. The predicted molar refractivity (Wildman–Crippen MR) is 126 cm³/mol. The summed E-state index contributed by atoms with van der Waals surface area (Å²) in [5.74, 6) is 1.48. The molecule has 32 heavy (non-hydrogen) atoms. The molecule has 7 heteroatoms. The van der Waals surface area contributed by atoms with Crippen molar-refractivity contribution in [3.05, 3.63) is 81.5 Å². The number of esters is 1. The van der Waals surface area contributed by atoms with Crippen LogP contribution in [0.1, 0.15) is 28.4 Å².